The minimum absolute atomic E-state index is 0. The molecule has 0 atom stereocenters. The molecule has 1 amide bonds. The average Bonchev–Trinajstić information content (AvgIpc) is 3.17. The molecule has 0 unspecified atom stereocenters. The molecule has 2 aromatic rings. The lowest BCUT2D eigenvalue weighted by atomic mass is 9.98. The van der Waals surface area contributed by atoms with E-state index < -0.39 is 17.6 Å². The second-order valence-corrected chi connectivity index (χ2v) is 5.82. The second kappa shape index (κ2) is 7.01. The molecule has 25 heavy (non-hydrogen) atoms. The van der Waals surface area contributed by atoms with Gasteiger partial charge in [-0.05, 0) is 37.1 Å². The number of rotatable bonds is 3. The molecule has 3 rings (SSSR count). The summed E-state index contributed by atoms with van der Waals surface area (Å²) in [5.74, 6) is -1.83. The Morgan fingerprint density at radius 1 is 1.20 bits per heavy atom. The summed E-state index contributed by atoms with van der Waals surface area (Å²) in [4.78, 5) is 15.5. The summed E-state index contributed by atoms with van der Waals surface area (Å²) in [7, 11) is 0. The smallest absolute Gasteiger partial charge is 0.329 e. The van der Waals surface area contributed by atoms with Gasteiger partial charge in [-0.3, -0.25) is 4.79 Å². The minimum atomic E-state index is -4.68. The van der Waals surface area contributed by atoms with Gasteiger partial charge < -0.3 is 15.6 Å². The van der Waals surface area contributed by atoms with Crippen LogP contribution in [0.3, 0.4) is 0 Å². The maximum Gasteiger partial charge on any atom is 0.471 e. The Morgan fingerprint density at radius 3 is 2.32 bits per heavy atom. The molecule has 1 aliphatic carbocycles. The third-order valence-corrected chi connectivity index (χ3v) is 4.02. The highest BCUT2D eigenvalue weighted by Crippen LogP contribution is 2.30. The zero-order chi connectivity index (χ0) is 17.4. The number of aromatic nitrogens is 2. The number of benzene rings is 1. The number of anilines is 1. The first-order valence-corrected chi connectivity index (χ1v) is 7.40. The van der Waals surface area contributed by atoms with E-state index in [1.54, 1.807) is 12.1 Å². The van der Waals surface area contributed by atoms with E-state index in [4.69, 9.17) is 5.73 Å². The van der Waals surface area contributed by atoms with Crippen molar-refractivity contribution in [3.05, 3.63) is 30.2 Å². The lowest BCUT2D eigenvalue weighted by Crippen LogP contribution is -2.48. The van der Waals surface area contributed by atoms with Crippen molar-refractivity contribution in [1.29, 1.82) is 0 Å². The number of carbonyl (C=O) groups is 1. The van der Waals surface area contributed by atoms with Gasteiger partial charge in [-0.25, -0.2) is 0 Å². The summed E-state index contributed by atoms with van der Waals surface area (Å²) < 4.78 is 41.5. The predicted molar refractivity (Wildman–Crippen MR) is 86.0 cm³/mol. The fourth-order valence-electron chi connectivity index (χ4n) is 2.65. The number of hydrogen-bond donors (Lipinski definition) is 2. The number of nitrogens with one attached hydrogen (secondary N) is 1. The number of halogens is 4. The van der Waals surface area contributed by atoms with Crippen molar-refractivity contribution >= 4 is 24.0 Å². The molecule has 6 nitrogen and oxygen atoms in total. The summed E-state index contributed by atoms with van der Waals surface area (Å²) in [5.41, 5.74) is 6.05. The largest absolute Gasteiger partial charge is 0.471 e. The molecule has 0 saturated heterocycles. The fourth-order valence-corrected chi connectivity index (χ4v) is 2.65. The number of nitrogens with two attached hydrogens (primary N) is 1. The van der Waals surface area contributed by atoms with Crippen LogP contribution in [0, 0.1) is 0 Å². The zero-order valence-corrected chi connectivity index (χ0v) is 13.8. The number of amides is 1. The molecule has 0 spiro atoms. The maximum absolute atomic E-state index is 12.5. The normalized spacial score (nSPS) is 16.3. The molecule has 0 aliphatic heterocycles. The molecular weight excluding hydrogens is 361 g/mol. The molecule has 0 bridgehead atoms. The van der Waals surface area contributed by atoms with Gasteiger partial charge in [0.25, 0.3) is 0 Å². The molecule has 1 heterocycles. The van der Waals surface area contributed by atoms with Crippen molar-refractivity contribution in [3.8, 4) is 11.4 Å². The molecule has 3 N–H and O–H groups in total. The number of carbonyl (C=O) groups excluding carboxylic acids is 1. The lowest BCUT2D eigenvalue weighted by molar-refractivity contribution is -0.159. The van der Waals surface area contributed by atoms with Gasteiger partial charge in [0, 0.05) is 11.3 Å². The van der Waals surface area contributed by atoms with E-state index in [0.717, 1.165) is 12.8 Å². The zero-order valence-electron chi connectivity index (χ0n) is 13.0. The highest BCUT2D eigenvalue weighted by molar-refractivity contribution is 5.98. The Morgan fingerprint density at radius 2 is 1.80 bits per heavy atom. The SMILES string of the molecule is Cl.NC1(C(=O)Nc2ccc(-c3noc(C(F)(F)F)n3)cc2)CCCC1. The topological polar surface area (TPSA) is 94.0 Å². The molecule has 1 aromatic heterocycles. The quantitative estimate of drug-likeness (QED) is 0.856. The van der Waals surface area contributed by atoms with Crippen LogP contribution in [-0.4, -0.2) is 21.6 Å². The van der Waals surface area contributed by atoms with Crippen molar-refractivity contribution in [1.82, 2.24) is 10.1 Å². The van der Waals surface area contributed by atoms with E-state index in [-0.39, 0.29) is 24.1 Å². The van der Waals surface area contributed by atoms with Crippen LogP contribution in [-0.2, 0) is 11.0 Å². The van der Waals surface area contributed by atoms with Gasteiger partial charge in [-0.15, -0.1) is 12.4 Å². The van der Waals surface area contributed by atoms with Crippen molar-refractivity contribution in [3.63, 3.8) is 0 Å². The van der Waals surface area contributed by atoms with E-state index in [1.807, 2.05) is 0 Å². The van der Waals surface area contributed by atoms with Gasteiger partial charge >= 0.3 is 12.1 Å². The molecule has 136 valence electrons. The van der Waals surface area contributed by atoms with Crippen LogP contribution in [0.4, 0.5) is 18.9 Å². The van der Waals surface area contributed by atoms with E-state index in [0.29, 0.717) is 24.1 Å². The fraction of sp³-hybridized carbons (Fsp3) is 0.400. The van der Waals surface area contributed by atoms with E-state index >= 15 is 0 Å². The van der Waals surface area contributed by atoms with Gasteiger partial charge in [-0.2, -0.15) is 18.2 Å². The standard InChI is InChI=1S/C15H15F3N4O2.ClH/c16-15(17,18)13-21-11(22-24-13)9-3-5-10(6-4-9)20-12(23)14(19)7-1-2-8-14;/h3-6H,1-2,7-8,19H2,(H,20,23);1H. The first-order chi connectivity index (χ1) is 11.3. The molecule has 10 heteroatoms. The number of alkyl halides is 3. The van der Waals surface area contributed by atoms with Crippen LogP contribution in [0.15, 0.2) is 28.8 Å². The molecule has 1 fully saturated rings. The van der Waals surface area contributed by atoms with Crippen molar-refractivity contribution in [2.24, 2.45) is 5.73 Å². The number of hydrogen-bond acceptors (Lipinski definition) is 5. The van der Waals surface area contributed by atoms with Gasteiger partial charge in [0.15, 0.2) is 0 Å². The highest BCUT2D eigenvalue weighted by atomic mass is 35.5. The Labute approximate surface area is 147 Å². The van der Waals surface area contributed by atoms with Crippen LogP contribution in [0.1, 0.15) is 31.6 Å². The predicted octanol–water partition coefficient (Wildman–Crippen LogP) is 3.39. The third-order valence-electron chi connectivity index (χ3n) is 4.02. The monoisotopic (exact) mass is 376 g/mol. The summed E-state index contributed by atoms with van der Waals surface area (Å²) >= 11 is 0. The third kappa shape index (κ3) is 4.10. The van der Waals surface area contributed by atoms with Crippen molar-refractivity contribution in [2.75, 3.05) is 5.32 Å². The average molecular weight is 377 g/mol. The molecule has 1 saturated carbocycles. The van der Waals surface area contributed by atoms with E-state index in [2.05, 4.69) is 20.0 Å². The summed E-state index contributed by atoms with van der Waals surface area (Å²) in [6, 6.07) is 6.10. The van der Waals surface area contributed by atoms with Crippen LogP contribution in [0.5, 0.6) is 0 Å². The first-order valence-electron chi connectivity index (χ1n) is 7.40. The first kappa shape index (κ1) is 19.2. The van der Waals surface area contributed by atoms with Gasteiger partial charge in [0.05, 0.1) is 5.54 Å². The number of nitrogens with zero attached hydrogens (tertiary/aromatic N) is 2. The van der Waals surface area contributed by atoms with E-state index in [9.17, 15) is 18.0 Å². The molecular formula is C15H16ClF3N4O2. The van der Waals surface area contributed by atoms with Crippen LogP contribution < -0.4 is 11.1 Å². The Hall–Kier alpha value is -2.13. The highest BCUT2D eigenvalue weighted by Gasteiger charge is 2.39. The minimum Gasteiger partial charge on any atom is -0.329 e. The Balaban J connectivity index is 0.00000225. The van der Waals surface area contributed by atoms with E-state index in [1.165, 1.54) is 12.1 Å². The van der Waals surface area contributed by atoms with Crippen molar-refractivity contribution < 1.29 is 22.5 Å². The summed E-state index contributed by atoms with van der Waals surface area (Å²) in [5, 5.41) is 6.03. The van der Waals surface area contributed by atoms with Gasteiger partial charge in [-0.1, -0.05) is 18.0 Å². The van der Waals surface area contributed by atoms with Gasteiger partial charge in [0.1, 0.15) is 0 Å². The summed E-state index contributed by atoms with van der Waals surface area (Å²) in [6.07, 6.45) is -1.57. The van der Waals surface area contributed by atoms with Crippen molar-refractivity contribution in [2.45, 2.75) is 37.4 Å². The Bertz CT molecular complexity index is 740. The second-order valence-electron chi connectivity index (χ2n) is 5.82. The van der Waals surface area contributed by atoms with Crippen LogP contribution >= 0.6 is 12.4 Å². The Kier molecular flexibility index (Phi) is 5.38. The summed E-state index contributed by atoms with van der Waals surface area (Å²) in [6.45, 7) is 0. The molecule has 0 radical (unpaired) electrons. The molecule has 1 aliphatic rings. The molecule has 1 aromatic carbocycles. The van der Waals surface area contributed by atoms with Gasteiger partial charge in [0.2, 0.25) is 11.7 Å². The maximum atomic E-state index is 12.5. The van der Waals surface area contributed by atoms with Crippen LogP contribution in [0.25, 0.3) is 11.4 Å². The lowest BCUT2D eigenvalue weighted by Gasteiger charge is -2.22. The van der Waals surface area contributed by atoms with Crippen LogP contribution in [0.2, 0.25) is 0 Å².